The number of carbonyl (C=O) groups excluding carboxylic acids is 1. The maximum Gasteiger partial charge on any atom is 0.239 e. The number of anilines is 1. The van der Waals surface area contributed by atoms with Crippen LogP contribution < -0.4 is 5.32 Å². The van der Waals surface area contributed by atoms with Crippen molar-refractivity contribution in [3.8, 4) is 0 Å². The number of halogens is 2. The lowest BCUT2D eigenvalue weighted by atomic mass is 10.3. The lowest BCUT2D eigenvalue weighted by Gasteiger charge is -2.19. The van der Waals surface area contributed by atoms with Crippen LogP contribution >= 0.6 is 0 Å². The van der Waals surface area contributed by atoms with E-state index in [1.165, 1.54) is 6.07 Å². The van der Waals surface area contributed by atoms with Gasteiger partial charge in [0, 0.05) is 6.54 Å². The Bertz CT molecular complexity index is 585. The number of nitrogens with zero attached hydrogens (tertiary/aromatic N) is 1. The van der Waals surface area contributed by atoms with Crippen LogP contribution in [-0.2, 0) is 14.8 Å². The zero-order valence-corrected chi connectivity index (χ0v) is 12.7. The second kappa shape index (κ2) is 7.46. The summed E-state index contributed by atoms with van der Waals surface area (Å²) in [4.78, 5) is 11.8. The third kappa shape index (κ3) is 5.39. The predicted octanol–water partition coefficient (Wildman–Crippen LogP) is 1.96. The standard InChI is InChI=1S/C13H18F2N2O3S/c1-3-4-8-17(21(2,19)20)9-12(18)16-13-10(14)6-5-7-11(13)15/h5-7H,3-4,8-9H2,1-2H3,(H,16,18). The average Bonchev–Trinajstić information content (AvgIpc) is 2.37. The van der Waals surface area contributed by atoms with Gasteiger partial charge in [-0.3, -0.25) is 4.79 Å². The van der Waals surface area contributed by atoms with E-state index in [0.29, 0.717) is 6.42 Å². The number of hydrogen-bond donors (Lipinski definition) is 1. The van der Waals surface area contributed by atoms with Crippen molar-refractivity contribution in [2.75, 3.05) is 24.7 Å². The van der Waals surface area contributed by atoms with E-state index in [9.17, 15) is 22.0 Å². The van der Waals surface area contributed by atoms with Gasteiger partial charge >= 0.3 is 0 Å². The van der Waals surface area contributed by atoms with Crippen LogP contribution in [0.1, 0.15) is 19.8 Å². The molecule has 0 fully saturated rings. The van der Waals surface area contributed by atoms with Crippen LogP contribution in [0.25, 0.3) is 0 Å². The minimum Gasteiger partial charge on any atom is -0.320 e. The summed E-state index contributed by atoms with van der Waals surface area (Å²) >= 11 is 0. The summed E-state index contributed by atoms with van der Waals surface area (Å²) in [5.74, 6) is -2.62. The van der Waals surface area contributed by atoms with Crippen molar-refractivity contribution in [2.24, 2.45) is 0 Å². The van der Waals surface area contributed by atoms with Gasteiger partial charge in [0.2, 0.25) is 15.9 Å². The van der Waals surface area contributed by atoms with Crippen molar-refractivity contribution in [1.29, 1.82) is 0 Å². The normalized spacial score (nSPS) is 11.7. The van der Waals surface area contributed by atoms with Crippen LogP contribution in [0.2, 0.25) is 0 Å². The molecule has 1 rings (SSSR count). The second-order valence-electron chi connectivity index (χ2n) is 4.59. The van der Waals surface area contributed by atoms with E-state index in [0.717, 1.165) is 29.1 Å². The Morgan fingerprint density at radius 1 is 1.29 bits per heavy atom. The molecule has 1 N–H and O–H groups in total. The first-order chi connectivity index (χ1) is 9.75. The molecule has 0 saturated heterocycles. The Kier molecular flexibility index (Phi) is 6.22. The number of para-hydroxylation sites is 1. The van der Waals surface area contributed by atoms with Crippen molar-refractivity contribution in [1.82, 2.24) is 4.31 Å². The Morgan fingerprint density at radius 3 is 2.33 bits per heavy atom. The lowest BCUT2D eigenvalue weighted by Crippen LogP contribution is -2.38. The van der Waals surface area contributed by atoms with E-state index in [2.05, 4.69) is 5.32 Å². The smallest absolute Gasteiger partial charge is 0.239 e. The summed E-state index contributed by atoms with van der Waals surface area (Å²) in [6.07, 6.45) is 2.34. The van der Waals surface area contributed by atoms with Gasteiger partial charge in [-0.2, -0.15) is 4.31 Å². The van der Waals surface area contributed by atoms with Gasteiger partial charge in [0.1, 0.15) is 17.3 Å². The number of unbranched alkanes of at least 4 members (excludes halogenated alkanes) is 1. The van der Waals surface area contributed by atoms with Crippen LogP contribution in [0.3, 0.4) is 0 Å². The fourth-order valence-corrected chi connectivity index (χ4v) is 2.47. The SMILES string of the molecule is CCCCN(CC(=O)Nc1c(F)cccc1F)S(C)(=O)=O. The zero-order valence-electron chi connectivity index (χ0n) is 11.9. The molecule has 0 unspecified atom stereocenters. The Hall–Kier alpha value is -1.54. The molecule has 1 aromatic rings. The molecule has 0 radical (unpaired) electrons. The number of carbonyl (C=O) groups is 1. The number of amides is 1. The molecule has 5 nitrogen and oxygen atoms in total. The molecule has 0 heterocycles. The molecule has 118 valence electrons. The number of sulfonamides is 1. The quantitative estimate of drug-likeness (QED) is 0.835. The van der Waals surface area contributed by atoms with Crippen molar-refractivity contribution in [3.63, 3.8) is 0 Å². The second-order valence-corrected chi connectivity index (χ2v) is 6.58. The number of hydrogen-bond acceptors (Lipinski definition) is 3. The van der Waals surface area contributed by atoms with Gasteiger partial charge in [0.05, 0.1) is 12.8 Å². The molecule has 0 bridgehead atoms. The van der Waals surface area contributed by atoms with E-state index < -0.39 is 39.8 Å². The molecular formula is C13H18F2N2O3S. The maximum absolute atomic E-state index is 13.4. The summed E-state index contributed by atoms with van der Waals surface area (Å²) in [5, 5.41) is 2.06. The van der Waals surface area contributed by atoms with E-state index >= 15 is 0 Å². The lowest BCUT2D eigenvalue weighted by molar-refractivity contribution is -0.116. The Balaban J connectivity index is 2.79. The van der Waals surface area contributed by atoms with Gasteiger partial charge in [-0.05, 0) is 18.6 Å². The van der Waals surface area contributed by atoms with Crippen molar-refractivity contribution in [3.05, 3.63) is 29.8 Å². The third-order valence-corrected chi connectivity index (χ3v) is 4.03. The van der Waals surface area contributed by atoms with E-state index in [1.807, 2.05) is 6.92 Å². The van der Waals surface area contributed by atoms with Gasteiger partial charge in [0.25, 0.3) is 0 Å². The van der Waals surface area contributed by atoms with Crippen LogP contribution in [0, 0.1) is 11.6 Å². The predicted molar refractivity (Wildman–Crippen MR) is 76.3 cm³/mol. The topological polar surface area (TPSA) is 66.5 Å². The third-order valence-electron chi connectivity index (χ3n) is 2.78. The molecule has 1 aromatic carbocycles. The fourth-order valence-electron chi connectivity index (χ4n) is 1.65. The van der Waals surface area contributed by atoms with Gasteiger partial charge in [0.15, 0.2) is 0 Å². The molecule has 0 atom stereocenters. The van der Waals surface area contributed by atoms with E-state index in [1.54, 1.807) is 0 Å². The van der Waals surface area contributed by atoms with Crippen LogP contribution in [0.5, 0.6) is 0 Å². The minimum absolute atomic E-state index is 0.183. The molecule has 1 amide bonds. The van der Waals surface area contributed by atoms with Crippen molar-refractivity contribution >= 4 is 21.6 Å². The molecule has 8 heteroatoms. The highest BCUT2D eigenvalue weighted by Crippen LogP contribution is 2.18. The highest BCUT2D eigenvalue weighted by molar-refractivity contribution is 7.88. The van der Waals surface area contributed by atoms with Crippen LogP contribution in [-0.4, -0.2) is 38.0 Å². The minimum atomic E-state index is -3.56. The largest absolute Gasteiger partial charge is 0.320 e. The first kappa shape index (κ1) is 17.5. The Morgan fingerprint density at radius 2 is 1.86 bits per heavy atom. The van der Waals surface area contributed by atoms with Gasteiger partial charge in [-0.25, -0.2) is 17.2 Å². The van der Waals surface area contributed by atoms with Gasteiger partial charge < -0.3 is 5.32 Å². The molecule has 0 aromatic heterocycles. The zero-order chi connectivity index (χ0) is 16.0. The van der Waals surface area contributed by atoms with Crippen LogP contribution in [0.15, 0.2) is 18.2 Å². The molecule has 21 heavy (non-hydrogen) atoms. The molecule has 0 saturated carbocycles. The van der Waals surface area contributed by atoms with Crippen LogP contribution in [0.4, 0.5) is 14.5 Å². The monoisotopic (exact) mass is 320 g/mol. The Labute approximate surface area is 123 Å². The van der Waals surface area contributed by atoms with Gasteiger partial charge in [-0.15, -0.1) is 0 Å². The highest BCUT2D eigenvalue weighted by atomic mass is 32.2. The number of nitrogens with one attached hydrogen (secondary N) is 1. The first-order valence-electron chi connectivity index (χ1n) is 6.44. The highest BCUT2D eigenvalue weighted by Gasteiger charge is 2.21. The van der Waals surface area contributed by atoms with Crippen molar-refractivity contribution < 1.29 is 22.0 Å². The molecule has 0 spiro atoms. The van der Waals surface area contributed by atoms with Crippen molar-refractivity contribution in [2.45, 2.75) is 19.8 Å². The number of benzene rings is 1. The summed E-state index contributed by atoms with van der Waals surface area (Å²) < 4.78 is 50.9. The van der Waals surface area contributed by atoms with Gasteiger partial charge in [-0.1, -0.05) is 19.4 Å². The fraction of sp³-hybridized carbons (Fsp3) is 0.462. The van der Waals surface area contributed by atoms with E-state index in [-0.39, 0.29) is 6.54 Å². The number of rotatable bonds is 7. The molecule has 0 aliphatic carbocycles. The molecular weight excluding hydrogens is 302 g/mol. The van der Waals surface area contributed by atoms with E-state index in [4.69, 9.17) is 0 Å². The average molecular weight is 320 g/mol. The summed E-state index contributed by atoms with van der Waals surface area (Å²) in [6.45, 7) is 1.59. The summed E-state index contributed by atoms with van der Waals surface area (Å²) in [6, 6.07) is 3.18. The molecule has 0 aliphatic heterocycles. The first-order valence-corrected chi connectivity index (χ1v) is 8.29. The summed E-state index contributed by atoms with van der Waals surface area (Å²) in [5.41, 5.74) is -0.577. The molecule has 0 aliphatic rings. The summed E-state index contributed by atoms with van der Waals surface area (Å²) in [7, 11) is -3.56. The maximum atomic E-state index is 13.4.